The molecule has 0 amide bonds. The molecule has 0 unspecified atom stereocenters. The molecule has 0 saturated carbocycles. The molecular weight excluding hydrogens is 187 g/mol. The summed E-state index contributed by atoms with van der Waals surface area (Å²) >= 11 is 0. The van der Waals surface area contributed by atoms with E-state index in [4.69, 9.17) is 14.6 Å². The monoisotopic (exact) mass is 198 g/mol. The second-order valence-corrected chi connectivity index (χ2v) is 3.08. The first-order chi connectivity index (χ1) is 6.81. The molecule has 0 radical (unpaired) electrons. The molecule has 0 bridgehead atoms. The Labute approximate surface area is 81.1 Å². The van der Waals surface area contributed by atoms with Crippen LogP contribution in [-0.2, 0) is 6.42 Å². The lowest BCUT2D eigenvalue weighted by atomic mass is 10.1. The van der Waals surface area contributed by atoms with Crippen molar-refractivity contribution in [3.8, 4) is 11.5 Å². The van der Waals surface area contributed by atoms with Crippen molar-refractivity contribution in [2.45, 2.75) is 6.42 Å². The molecule has 76 valence electrons. The molecule has 1 heterocycles. The van der Waals surface area contributed by atoms with Crippen LogP contribution < -0.4 is 9.47 Å². The maximum absolute atomic E-state index is 13.4. The van der Waals surface area contributed by atoms with Gasteiger partial charge in [-0.2, -0.15) is 0 Å². The lowest BCUT2D eigenvalue weighted by molar-refractivity contribution is 0.164. The van der Waals surface area contributed by atoms with E-state index in [1.165, 1.54) is 6.07 Å². The van der Waals surface area contributed by atoms with E-state index in [9.17, 15) is 4.39 Å². The van der Waals surface area contributed by atoms with Crippen LogP contribution in [0.3, 0.4) is 0 Å². The van der Waals surface area contributed by atoms with Crippen molar-refractivity contribution in [2.75, 3.05) is 19.8 Å². The van der Waals surface area contributed by atoms with Crippen molar-refractivity contribution in [1.82, 2.24) is 0 Å². The number of benzene rings is 1. The van der Waals surface area contributed by atoms with Crippen molar-refractivity contribution in [1.29, 1.82) is 0 Å². The van der Waals surface area contributed by atoms with Crippen molar-refractivity contribution in [2.24, 2.45) is 0 Å². The standard InChI is InChI=1S/C10H11FO3/c11-8-5-7(1-2-12)6-9-10(8)14-4-3-13-9/h5-6,12H,1-4H2. The maximum Gasteiger partial charge on any atom is 0.197 e. The molecule has 0 aromatic heterocycles. The lowest BCUT2D eigenvalue weighted by Gasteiger charge is -2.19. The average Bonchev–Trinajstić information content (AvgIpc) is 2.18. The van der Waals surface area contributed by atoms with Gasteiger partial charge < -0.3 is 14.6 Å². The molecule has 1 aromatic rings. The Hall–Kier alpha value is -1.29. The highest BCUT2D eigenvalue weighted by Gasteiger charge is 2.17. The summed E-state index contributed by atoms with van der Waals surface area (Å²) in [6.07, 6.45) is 0.424. The highest BCUT2D eigenvalue weighted by Crippen LogP contribution is 2.34. The summed E-state index contributed by atoms with van der Waals surface area (Å²) in [6, 6.07) is 3.07. The first kappa shape index (κ1) is 9.27. The topological polar surface area (TPSA) is 38.7 Å². The zero-order valence-corrected chi connectivity index (χ0v) is 7.62. The summed E-state index contributed by atoms with van der Waals surface area (Å²) < 4.78 is 23.7. The number of aliphatic hydroxyl groups excluding tert-OH is 1. The van der Waals surface area contributed by atoms with Gasteiger partial charge in [-0.1, -0.05) is 0 Å². The summed E-state index contributed by atoms with van der Waals surface area (Å²) in [5.74, 6) is 0.184. The van der Waals surface area contributed by atoms with Gasteiger partial charge in [0.05, 0.1) is 0 Å². The van der Waals surface area contributed by atoms with E-state index in [0.29, 0.717) is 30.9 Å². The van der Waals surface area contributed by atoms with E-state index in [2.05, 4.69) is 0 Å². The van der Waals surface area contributed by atoms with Gasteiger partial charge >= 0.3 is 0 Å². The smallest absolute Gasteiger partial charge is 0.197 e. The highest BCUT2D eigenvalue weighted by atomic mass is 19.1. The van der Waals surface area contributed by atoms with E-state index in [0.717, 1.165) is 0 Å². The largest absolute Gasteiger partial charge is 0.486 e. The predicted molar refractivity (Wildman–Crippen MR) is 48.2 cm³/mol. The Balaban J connectivity index is 2.36. The van der Waals surface area contributed by atoms with Crippen LogP contribution in [0.25, 0.3) is 0 Å². The fraction of sp³-hybridized carbons (Fsp3) is 0.400. The van der Waals surface area contributed by atoms with Crippen LogP contribution in [0.2, 0.25) is 0 Å². The van der Waals surface area contributed by atoms with Crippen molar-refractivity contribution in [3.63, 3.8) is 0 Å². The fourth-order valence-electron chi connectivity index (χ4n) is 1.44. The van der Waals surface area contributed by atoms with Crippen LogP contribution in [0.4, 0.5) is 4.39 Å². The number of rotatable bonds is 2. The predicted octanol–water partition coefficient (Wildman–Crippen LogP) is 1.13. The Morgan fingerprint density at radius 2 is 2.07 bits per heavy atom. The van der Waals surface area contributed by atoms with Crippen molar-refractivity contribution in [3.05, 3.63) is 23.5 Å². The van der Waals surface area contributed by atoms with Crippen LogP contribution >= 0.6 is 0 Å². The molecule has 0 spiro atoms. The minimum atomic E-state index is -0.425. The van der Waals surface area contributed by atoms with Crippen molar-refractivity contribution >= 4 is 0 Å². The Morgan fingerprint density at radius 3 is 2.86 bits per heavy atom. The zero-order valence-electron chi connectivity index (χ0n) is 7.62. The third-order valence-corrected chi connectivity index (χ3v) is 2.06. The third kappa shape index (κ3) is 1.65. The SMILES string of the molecule is OCCc1cc(F)c2c(c1)OCCO2. The van der Waals surface area contributed by atoms with Gasteiger partial charge in [-0.25, -0.2) is 4.39 Å². The molecule has 0 saturated heterocycles. The van der Waals surface area contributed by atoms with E-state index < -0.39 is 5.82 Å². The molecular formula is C10H11FO3. The normalized spacial score (nSPS) is 14.1. The number of aliphatic hydroxyl groups is 1. The van der Waals surface area contributed by atoms with Gasteiger partial charge in [-0.3, -0.25) is 0 Å². The fourth-order valence-corrected chi connectivity index (χ4v) is 1.44. The number of hydrogen-bond donors (Lipinski definition) is 1. The average molecular weight is 198 g/mol. The van der Waals surface area contributed by atoms with E-state index in [-0.39, 0.29) is 12.4 Å². The summed E-state index contributed by atoms with van der Waals surface area (Å²) in [7, 11) is 0. The number of fused-ring (bicyclic) bond motifs is 1. The van der Waals surface area contributed by atoms with Gasteiger partial charge in [0.25, 0.3) is 0 Å². The summed E-state index contributed by atoms with van der Waals surface area (Å²) in [6.45, 7) is 0.817. The number of halogens is 1. The van der Waals surface area contributed by atoms with Gasteiger partial charge in [-0.15, -0.1) is 0 Å². The Bertz CT molecular complexity index is 338. The lowest BCUT2D eigenvalue weighted by Crippen LogP contribution is -2.16. The Morgan fingerprint density at radius 1 is 1.29 bits per heavy atom. The second kappa shape index (κ2) is 3.84. The molecule has 3 nitrogen and oxygen atoms in total. The molecule has 0 aliphatic carbocycles. The Kier molecular flexibility index (Phi) is 2.54. The second-order valence-electron chi connectivity index (χ2n) is 3.08. The third-order valence-electron chi connectivity index (χ3n) is 2.06. The molecule has 1 N–H and O–H groups in total. The number of hydrogen-bond acceptors (Lipinski definition) is 3. The molecule has 4 heteroatoms. The molecule has 0 atom stereocenters. The summed E-state index contributed by atoms with van der Waals surface area (Å²) in [5, 5.41) is 8.72. The molecule has 1 aliphatic rings. The van der Waals surface area contributed by atoms with Gasteiger partial charge in [0.1, 0.15) is 13.2 Å². The van der Waals surface area contributed by atoms with Crippen LogP contribution in [0.5, 0.6) is 11.5 Å². The van der Waals surface area contributed by atoms with Crippen LogP contribution in [-0.4, -0.2) is 24.9 Å². The minimum Gasteiger partial charge on any atom is -0.486 e. The van der Waals surface area contributed by atoms with E-state index in [1.807, 2.05) is 0 Å². The number of ether oxygens (including phenoxy) is 2. The van der Waals surface area contributed by atoms with Gasteiger partial charge in [0.15, 0.2) is 17.3 Å². The quantitative estimate of drug-likeness (QED) is 0.774. The molecule has 2 rings (SSSR count). The van der Waals surface area contributed by atoms with Gasteiger partial charge in [-0.05, 0) is 24.1 Å². The molecule has 0 fully saturated rings. The van der Waals surface area contributed by atoms with Gasteiger partial charge in [0.2, 0.25) is 0 Å². The minimum absolute atomic E-state index is 0.000909. The highest BCUT2D eigenvalue weighted by molar-refractivity contribution is 5.45. The van der Waals surface area contributed by atoms with Gasteiger partial charge in [0, 0.05) is 6.61 Å². The first-order valence-corrected chi connectivity index (χ1v) is 4.50. The molecule has 14 heavy (non-hydrogen) atoms. The summed E-state index contributed by atoms with van der Waals surface area (Å²) in [4.78, 5) is 0. The van der Waals surface area contributed by atoms with Crippen LogP contribution in [0.1, 0.15) is 5.56 Å². The maximum atomic E-state index is 13.4. The zero-order chi connectivity index (χ0) is 9.97. The van der Waals surface area contributed by atoms with Crippen LogP contribution in [0, 0.1) is 5.82 Å². The van der Waals surface area contributed by atoms with E-state index >= 15 is 0 Å². The molecule has 1 aliphatic heterocycles. The van der Waals surface area contributed by atoms with Crippen LogP contribution in [0.15, 0.2) is 12.1 Å². The van der Waals surface area contributed by atoms with E-state index in [1.54, 1.807) is 6.07 Å². The first-order valence-electron chi connectivity index (χ1n) is 4.50. The summed E-state index contributed by atoms with van der Waals surface area (Å²) in [5.41, 5.74) is 0.717. The van der Waals surface area contributed by atoms with Crippen molar-refractivity contribution < 1.29 is 19.0 Å². The molecule has 1 aromatic carbocycles.